The van der Waals surface area contributed by atoms with E-state index in [0.29, 0.717) is 33.9 Å². The Hall–Kier alpha value is -4.70. The lowest BCUT2D eigenvalue weighted by Crippen LogP contribution is -2.17. The molecular formula is C29H24BrN3O6. The molecule has 0 heterocycles. The van der Waals surface area contributed by atoms with Gasteiger partial charge in [0.2, 0.25) is 0 Å². The minimum absolute atomic E-state index is 0.0275. The van der Waals surface area contributed by atoms with Crippen LogP contribution < -0.4 is 19.6 Å². The number of rotatable bonds is 11. The van der Waals surface area contributed by atoms with Crippen LogP contribution in [0.15, 0.2) is 101 Å². The van der Waals surface area contributed by atoms with E-state index in [4.69, 9.17) is 14.2 Å². The van der Waals surface area contributed by atoms with Crippen molar-refractivity contribution in [2.75, 3.05) is 7.11 Å². The van der Waals surface area contributed by atoms with Crippen LogP contribution in [0.1, 0.15) is 27.0 Å². The Bertz CT molecular complexity index is 1480. The van der Waals surface area contributed by atoms with E-state index in [9.17, 15) is 14.9 Å². The molecule has 0 unspecified atom stereocenters. The van der Waals surface area contributed by atoms with E-state index in [2.05, 4.69) is 26.5 Å². The van der Waals surface area contributed by atoms with Crippen molar-refractivity contribution in [1.29, 1.82) is 0 Å². The number of carbonyl (C=O) groups excluding carboxylic acids is 1. The number of carbonyl (C=O) groups is 1. The highest BCUT2D eigenvalue weighted by Crippen LogP contribution is 2.29. The fraction of sp³-hybridized carbons (Fsp3) is 0.103. The predicted molar refractivity (Wildman–Crippen MR) is 150 cm³/mol. The average molecular weight is 590 g/mol. The largest absolute Gasteiger partial charge is 0.493 e. The first kappa shape index (κ1) is 27.3. The number of nitro groups is 1. The number of ether oxygens (including phenoxy) is 3. The van der Waals surface area contributed by atoms with Crippen LogP contribution in [0.2, 0.25) is 0 Å². The number of halogens is 1. The second kappa shape index (κ2) is 13.2. The number of amides is 1. The molecule has 0 bridgehead atoms. The smallest absolute Gasteiger partial charge is 0.271 e. The summed E-state index contributed by atoms with van der Waals surface area (Å²) in [5.74, 6) is 1.16. The lowest BCUT2D eigenvalue weighted by atomic mass is 10.2. The molecule has 4 aromatic carbocycles. The van der Waals surface area contributed by atoms with Crippen LogP contribution in [0, 0.1) is 10.1 Å². The van der Waals surface area contributed by atoms with E-state index >= 15 is 0 Å². The number of non-ortho nitro benzene ring substituents is 1. The summed E-state index contributed by atoms with van der Waals surface area (Å²) in [5.41, 5.74) is 5.45. The van der Waals surface area contributed by atoms with Crippen molar-refractivity contribution >= 4 is 33.7 Å². The van der Waals surface area contributed by atoms with E-state index in [1.165, 1.54) is 25.5 Å². The molecule has 0 aliphatic carbocycles. The van der Waals surface area contributed by atoms with Crippen LogP contribution in [0.3, 0.4) is 0 Å². The van der Waals surface area contributed by atoms with Gasteiger partial charge in [0, 0.05) is 17.7 Å². The topological polar surface area (TPSA) is 112 Å². The summed E-state index contributed by atoms with van der Waals surface area (Å²) in [7, 11) is 1.52. The van der Waals surface area contributed by atoms with Crippen molar-refractivity contribution < 1.29 is 23.9 Å². The van der Waals surface area contributed by atoms with Crippen LogP contribution in [0.4, 0.5) is 5.69 Å². The van der Waals surface area contributed by atoms with Crippen LogP contribution in [0.5, 0.6) is 17.2 Å². The number of methoxy groups -OCH3 is 1. The van der Waals surface area contributed by atoms with Gasteiger partial charge in [-0.1, -0.05) is 30.3 Å². The minimum Gasteiger partial charge on any atom is -0.493 e. The maximum atomic E-state index is 12.6. The Balaban J connectivity index is 1.31. The Morgan fingerprint density at radius 2 is 1.56 bits per heavy atom. The first-order chi connectivity index (χ1) is 18.9. The Kier molecular flexibility index (Phi) is 9.25. The fourth-order valence-electron chi connectivity index (χ4n) is 3.48. The molecule has 198 valence electrons. The molecule has 0 fully saturated rings. The normalized spacial score (nSPS) is 10.7. The zero-order chi connectivity index (χ0) is 27.6. The quantitative estimate of drug-likeness (QED) is 0.125. The van der Waals surface area contributed by atoms with Crippen LogP contribution in [-0.2, 0) is 13.2 Å². The van der Waals surface area contributed by atoms with Crippen LogP contribution >= 0.6 is 15.9 Å². The summed E-state index contributed by atoms with van der Waals surface area (Å²) < 4.78 is 17.7. The van der Waals surface area contributed by atoms with E-state index in [1.54, 1.807) is 48.5 Å². The van der Waals surface area contributed by atoms with Gasteiger partial charge in [0.1, 0.15) is 19.0 Å². The van der Waals surface area contributed by atoms with Gasteiger partial charge in [-0.05, 0) is 81.2 Å². The van der Waals surface area contributed by atoms with E-state index in [0.717, 1.165) is 16.7 Å². The molecule has 39 heavy (non-hydrogen) atoms. The van der Waals surface area contributed by atoms with Crippen molar-refractivity contribution in [2.24, 2.45) is 5.10 Å². The third-order valence-electron chi connectivity index (χ3n) is 5.54. The number of nitrogens with one attached hydrogen (secondary N) is 1. The number of hydrogen-bond acceptors (Lipinski definition) is 7. The summed E-state index contributed by atoms with van der Waals surface area (Å²) in [6, 6.07) is 26.2. The molecule has 9 nitrogen and oxygen atoms in total. The first-order valence-corrected chi connectivity index (χ1v) is 12.6. The molecule has 4 rings (SSSR count). The minimum atomic E-state index is -0.445. The first-order valence-electron chi connectivity index (χ1n) is 11.8. The molecule has 4 aromatic rings. The highest BCUT2D eigenvalue weighted by Gasteiger charge is 2.11. The summed E-state index contributed by atoms with van der Waals surface area (Å²) in [4.78, 5) is 22.9. The van der Waals surface area contributed by atoms with Gasteiger partial charge in [-0.15, -0.1) is 0 Å². The maximum absolute atomic E-state index is 12.6. The molecule has 1 amide bonds. The highest BCUT2D eigenvalue weighted by molar-refractivity contribution is 9.10. The Labute approximate surface area is 233 Å². The zero-order valence-electron chi connectivity index (χ0n) is 20.9. The number of benzene rings is 4. The van der Waals surface area contributed by atoms with Crippen LogP contribution in [-0.4, -0.2) is 24.2 Å². The number of nitrogens with zero attached hydrogens (tertiary/aromatic N) is 2. The third kappa shape index (κ3) is 7.65. The Morgan fingerprint density at radius 1 is 0.897 bits per heavy atom. The SMILES string of the molecule is COc1cc(C(=O)N/N=C/c2ccc(OCc3ccc([N+](=O)[O-])cc3)c(Br)c2)ccc1OCc1ccccc1. The summed E-state index contributed by atoms with van der Waals surface area (Å²) in [6.45, 7) is 0.628. The molecule has 0 saturated heterocycles. The molecule has 0 aliphatic heterocycles. The van der Waals surface area contributed by atoms with Crippen molar-refractivity contribution in [3.8, 4) is 17.2 Å². The molecule has 1 N–H and O–H groups in total. The van der Waals surface area contributed by atoms with Gasteiger partial charge in [0.25, 0.3) is 11.6 Å². The lowest BCUT2D eigenvalue weighted by molar-refractivity contribution is -0.384. The number of hydrazone groups is 1. The van der Waals surface area contributed by atoms with Crippen molar-refractivity contribution in [3.63, 3.8) is 0 Å². The second-order valence-corrected chi connectivity index (χ2v) is 9.10. The number of nitro benzene ring substituents is 1. The molecule has 0 radical (unpaired) electrons. The zero-order valence-corrected chi connectivity index (χ0v) is 22.5. The average Bonchev–Trinajstić information content (AvgIpc) is 2.96. The molecule has 0 saturated carbocycles. The fourth-order valence-corrected chi connectivity index (χ4v) is 3.99. The van der Waals surface area contributed by atoms with Gasteiger partial charge in [0.05, 0.1) is 22.7 Å². The summed E-state index contributed by atoms with van der Waals surface area (Å²) in [5, 5.41) is 14.8. The van der Waals surface area contributed by atoms with E-state index in [-0.39, 0.29) is 12.3 Å². The Morgan fingerprint density at radius 3 is 2.23 bits per heavy atom. The van der Waals surface area contributed by atoms with Gasteiger partial charge in [-0.2, -0.15) is 5.10 Å². The summed E-state index contributed by atoms with van der Waals surface area (Å²) >= 11 is 3.47. The second-order valence-electron chi connectivity index (χ2n) is 8.24. The standard InChI is InChI=1S/C29H24BrN3O6/c1-37-28-16-23(10-14-27(28)39-18-20-5-3-2-4-6-20)29(34)32-31-17-22-9-13-26(25(30)15-22)38-19-21-7-11-24(12-8-21)33(35)36/h2-17H,18-19H2,1H3,(H,32,34)/b31-17+. The highest BCUT2D eigenvalue weighted by atomic mass is 79.9. The molecule has 0 spiro atoms. The van der Waals surface area contributed by atoms with E-state index in [1.807, 2.05) is 30.3 Å². The number of hydrogen-bond donors (Lipinski definition) is 1. The lowest BCUT2D eigenvalue weighted by Gasteiger charge is -2.12. The van der Waals surface area contributed by atoms with Gasteiger partial charge in [0.15, 0.2) is 11.5 Å². The molecule has 0 aliphatic rings. The molecule has 0 atom stereocenters. The summed E-state index contributed by atoms with van der Waals surface area (Å²) in [6.07, 6.45) is 1.51. The van der Waals surface area contributed by atoms with Gasteiger partial charge >= 0.3 is 0 Å². The maximum Gasteiger partial charge on any atom is 0.271 e. The van der Waals surface area contributed by atoms with E-state index < -0.39 is 10.8 Å². The van der Waals surface area contributed by atoms with Crippen molar-refractivity contribution in [2.45, 2.75) is 13.2 Å². The van der Waals surface area contributed by atoms with Gasteiger partial charge < -0.3 is 14.2 Å². The van der Waals surface area contributed by atoms with Gasteiger partial charge in [-0.3, -0.25) is 14.9 Å². The molecular weight excluding hydrogens is 566 g/mol. The monoisotopic (exact) mass is 589 g/mol. The predicted octanol–water partition coefficient (Wildman–Crippen LogP) is 6.29. The van der Waals surface area contributed by atoms with Crippen molar-refractivity contribution in [3.05, 3.63) is 128 Å². The molecule has 10 heteroatoms. The third-order valence-corrected chi connectivity index (χ3v) is 6.16. The van der Waals surface area contributed by atoms with Gasteiger partial charge in [-0.25, -0.2) is 5.43 Å². The molecule has 0 aromatic heterocycles. The van der Waals surface area contributed by atoms with Crippen molar-refractivity contribution in [1.82, 2.24) is 5.43 Å². The van der Waals surface area contributed by atoms with Crippen LogP contribution in [0.25, 0.3) is 0 Å².